The molecule has 0 aliphatic rings. The highest BCUT2D eigenvalue weighted by Crippen LogP contribution is 1.95. The lowest BCUT2D eigenvalue weighted by Gasteiger charge is -2.14. The molecule has 0 spiro atoms. The van der Waals surface area contributed by atoms with Crippen molar-refractivity contribution in [2.24, 2.45) is 11.5 Å². The summed E-state index contributed by atoms with van der Waals surface area (Å²) in [6.45, 7) is 0.478. The van der Waals surface area contributed by atoms with Crippen LogP contribution in [0.2, 0.25) is 0 Å². The van der Waals surface area contributed by atoms with Crippen LogP contribution in [-0.4, -0.2) is 42.5 Å². The predicted molar refractivity (Wildman–Crippen MR) is 68.6 cm³/mol. The molecule has 97 valence electrons. The van der Waals surface area contributed by atoms with Crippen molar-refractivity contribution in [1.29, 1.82) is 5.41 Å². The molecule has 1 amide bonds. The molecule has 1 radical (unpaired) electrons. The van der Waals surface area contributed by atoms with Crippen LogP contribution in [0.15, 0.2) is 0 Å². The van der Waals surface area contributed by atoms with Gasteiger partial charge in [-0.1, -0.05) is 0 Å². The lowest BCUT2D eigenvalue weighted by molar-refractivity contribution is -0.122. The first-order valence-electron chi connectivity index (χ1n) is 5.13. The van der Waals surface area contributed by atoms with Crippen LogP contribution in [-0.2, 0) is 9.59 Å². The summed E-state index contributed by atoms with van der Waals surface area (Å²) in [5, 5.41) is 11.9. The summed E-state index contributed by atoms with van der Waals surface area (Å²) in [5.41, 5.74) is 10.7. The van der Waals surface area contributed by atoms with Gasteiger partial charge in [0.25, 0.3) is 0 Å². The first-order valence-corrected chi connectivity index (χ1v) is 5.77. The molecule has 7 nitrogen and oxygen atoms in total. The second kappa shape index (κ2) is 8.82. The van der Waals surface area contributed by atoms with E-state index in [2.05, 4.69) is 23.3 Å². The van der Waals surface area contributed by atoms with E-state index in [0.29, 0.717) is 19.4 Å². The Balaban J connectivity index is 3.81. The monoisotopic (exact) mass is 260 g/mol. The predicted octanol–water partition coefficient (Wildman–Crippen LogP) is -1.90. The fourth-order valence-corrected chi connectivity index (χ4v) is 1.23. The summed E-state index contributed by atoms with van der Waals surface area (Å²) in [4.78, 5) is 21.8. The molecule has 0 aromatic heterocycles. The molecule has 0 aliphatic carbocycles. The third kappa shape index (κ3) is 7.58. The smallest absolute Gasteiger partial charge is 0.237 e. The van der Waals surface area contributed by atoms with Gasteiger partial charge in [0.05, 0.1) is 6.04 Å². The first kappa shape index (κ1) is 15.7. The van der Waals surface area contributed by atoms with Gasteiger partial charge in [0.1, 0.15) is 6.04 Å². The number of carbonyl (C=O) groups excluding carboxylic acids is 2. The lowest BCUT2D eigenvalue weighted by Crippen LogP contribution is -2.47. The number of hydrogen-bond donors (Lipinski definition) is 6. The molecule has 8 heteroatoms. The Hall–Kier alpha value is -1.28. The van der Waals surface area contributed by atoms with Gasteiger partial charge in [0, 0.05) is 12.3 Å². The Kier molecular flexibility index (Phi) is 8.16. The average molecular weight is 260 g/mol. The fourth-order valence-electron chi connectivity index (χ4n) is 1.07. The largest absolute Gasteiger partial charge is 0.370 e. The molecule has 17 heavy (non-hydrogen) atoms. The molecule has 0 fully saturated rings. The van der Waals surface area contributed by atoms with Crippen molar-refractivity contribution >= 4 is 30.8 Å². The van der Waals surface area contributed by atoms with Crippen molar-refractivity contribution in [2.75, 3.05) is 12.3 Å². The van der Waals surface area contributed by atoms with Crippen LogP contribution in [0.4, 0.5) is 0 Å². The van der Waals surface area contributed by atoms with Gasteiger partial charge in [-0.15, -0.1) is 0 Å². The molecule has 2 atom stereocenters. The van der Waals surface area contributed by atoms with Crippen LogP contribution in [0.25, 0.3) is 0 Å². The van der Waals surface area contributed by atoms with Gasteiger partial charge in [0.15, 0.2) is 5.96 Å². The topological polar surface area (TPSA) is 134 Å². The lowest BCUT2D eigenvalue weighted by atomic mass is 10.1. The summed E-state index contributed by atoms with van der Waals surface area (Å²) >= 11 is 3.88. The van der Waals surface area contributed by atoms with Crippen molar-refractivity contribution in [2.45, 2.75) is 24.9 Å². The van der Waals surface area contributed by atoms with E-state index in [1.54, 1.807) is 6.29 Å². The van der Waals surface area contributed by atoms with Gasteiger partial charge in [-0.25, -0.2) is 0 Å². The van der Waals surface area contributed by atoms with Crippen LogP contribution < -0.4 is 22.1 Å². The van der Waals surface area contributed by atoms with Gasteiger partial charge >= 0.3 is 0 Å². The summed E-state index contributed by atoms with van der Waals surface area (Å²) < 4.78 is 0. The quantitative estimate of drug-likeness (QED) is 0.131. The molecule has 0 aromatic carbocycles. The molecule has 2 unspecified atom stereocenters. The molecule has 0 aromatic rings. The number of amides is 1. The van der Waals surface area contributed by atoms with E-state index < -0.39 is 18.0 Å². The Morgan fingerprint density at radius 1 is 1.53 bits per heavy atom. The highest BCUT2D eigenvalue weighted by atomic mass is 32.1. The second-order valence-electron chi connectivity index (χ2n) is 3.45. The van der Waals surface area contributed by atoms with E-state index in [1.807, 2.05) is 0 Å². The molecule has 0 heterocycles. The molecular formula is C9H18N5O2S. The Labute approximate surface area is 106 Å². The maximum Gasteiger partial charge on any atom is 0.237 e. The Morgan fingerprint density at radius 2 is 2.18 bits per heavy atom. The summed E-state index contributed by atoms with van der Waals surface area (Å²) in [7, 11) is 0. The maximum atomic E-state index is 11.5. The van der Waals surface area contributed by atoms with Crippen molar-refractivity contribution in [1.82, 2.24) is 10.6 Å². The highest BCUT2D eigenvalue weighted by molar-refractivity contribution is 7.80. The molecule has 7 N–H and O–H groups in total. The standard InChI is InChI=1S/C9H18N5O2S/c10-7(2-1-3-13-9(11)12)8(16)14-6(4-15)5-17/h6-7,17H,1-3,5,10H2,(H,14,16)(H4,11,12,13). The second-order valence-corrected chi connectivity index (χ2v) is 3.82. The minimum absolute atomic E-state index is 0.117. The molecule has 0 aliphatic heterocycles. The van der Waals surface area contributed by atoms with Crippen molar-refractivity contribution in [3.05, 3.63) is 0 Å². The van der Waals surface area contributed by atoms with Crippen molar-refractivity contribution in [3.8, 4) is 0 Å². The van der Waals surface area contributed by atoms with Crippen LogP contribution in [0, 0.1) is 5.41 Å². The van der Waals surface area contributed by atoms with Gasteiger partial charge < -0.3 is 22.1 Å². The number of thiol groups is 1. The van der Waals surface area contributed by atoms with Crippen molar-refractivity contribution in [3.63, 3.8) is 0 Å². The molecular weight excluding hydrogens is 242 g/mol. The third-order valence-corrected chi connectivity index (χ3v) is 2.35. The van der Waals surface area contributed by atoms with Crippen LogP contribution in [0.1, 0.15) is 12.8 Å². The third-order valence-electron chi connectivity index (χ3n) is 1.99. The number of nitrogens with one attached hydrogen (secondary N) is 3. The maximum absolute atomic E-state index is 11.5. The summed E-state index contributed by atoms with van der Waals surface area (Å²) in [5.74, 6) is -0.336. The van der Waals surface area contributed by atoms with Crippen LogP contribution in [0.5, 0.6) is 0 Å². The zero-order valence-electron chi connectivity index (χ0n) is 9.40. The zero-order valence-corrected chi connectivity index (χ0v) is 10.3. The van der Waals surface area contributed by atoms with E-state index in [-0.39, 0.29) is 11.7 Å². The minimum Gasteiger partial charge on any atom is -0.370 e. The van der Waals surface area contributed by atoms with E-state index >= 15 is 0 Å². The minimum atomic E-state index is -0.729. The summed E-state index contributed by atoms with van der Waals surface area (Å²) in [6, 6.07) is -1.42. The van der Waals surface area contributed by atoms with Gasteiger partial charge in [-0.05, 0) is 12.8 Å². The zero-order chi connectivity index (χ0) is 13.3. The first-order chi connectivity index (χ1) is 8.01. The Bertz CT molecular complexity index is 274. The summed E-state index contributed by atoms with van der Waals surface area (Å²) in [6.07, 6.45) is 2.69. The molecule has 0 saturated carbocycles. The SMILES string of the molecule is N=C(N)NCCCC(N)C(=O)NC([C]=O)CS. The average Bonchev–Trinajstić information content (AvgIpc) is 2.30. The Morgan fingerprint density at radius 3 is 2.65 bits per heavy atom. The molecule has 0 bridgehead atoms. The number of nitrogens with two attached hydrogens (primary N) is 2. The van der Waals surface area contributed by atoms with E-state index in [9.17, 15) is 9.59 Å². The van der Waals surface area contributed by atoms with E-state index in [0.717, 1.165) is 0 Å². The van der Waals surface area contributed by atoms with Gasteiger partial charge in [-0.2, -0.15) is 12.6 Å². The molecule has 0 saturated heterocycles. The van der Waals surface area contributed by atoms with Crippen LogP contribution in [0.3, 0.4) is 0 Å². The number of carbonyl (C=O) groups is 1. The number of hydrogen-bond acceptors (Lipinski definition) is 5. The van der Waals surface area contributed by atoms with Crippen molar-refractivity contribution < 1.29 is 9.59 Å². The fraction of sp³-hybridized carbons (Fsp3) is 0.667. The van der Waals surface area contributed by atoms with Gasteiger partial charge in [-0.3, -0.25) is 15.0 Å². The van der Waals surface area contributed by atoms with E-state index in [1.165, 1.54) is 0 Å². The number of rotatable bonds is 8. The number of guanidine groups is 1. The van der Waals surface area contributed by atoms with Crippen LogP contribution >= 0.6 is 12.6 Å². The molecule has 0 rings (SSSR count). The van der Waals surface area contributed by atoms with E-state index in [4.69, 9.17) is 16.9 Å². The normalized spacial score (nSPS) is 13.5. The highest BCUT2D eigenvalue weighted by Gasteiger charge is 2.16. The van der Waals surface area contributed by atoms with Gasteiger partial charge in [0.2, 0.25) is 12.2 Å².